The number of piperidine rings is 1. The van der Waals surface area contributed by atoms with Crippen LogP contribution in [0.2, 0.25) is 0 Å². The number of aromatic nitrogens is 2. The Morgan fingerprint density at radius 3 is 2.78 bits per heavy atom. The van der Waals surface area contributed by atoms with E-state index in [0.29, 0.717) is 17.0 Å². The second-order valence-electron chi connectivity index (χ2n) is 6.25. The zero-order chi connectivity index (χ0) is 16.6. The van der Waals surface area contributed by atoms with Crippen molar-refractivity contribution < 1.29 is 14.3 Å². The number of hydrogen-bond donors (Lipinski definition) is 1. The summed E-state index contributed by atoms with van der Waals surface area (Å²) in [5, 5.41) is 0. The van der Waals surface area contributed by atoms with Crippen LogP contribution in [0.15, 0.2) is 10.8 Å². The first kappa shape index (κ1) is 16.6. The van der Waals surface area contributed by atoms with E-state index in [-0.39, 0.29) is 23.3 Å². The topological polar surface area (TPSA) is 90.6 Å². The molecular weight excluding hydrogens is 364 g/mol. The zero-order valence-electron chi connectivity index (χ0n) is 13.3. The molecule has 3 rings (SSSR count). The molecule has 2 N–H and O–H groups in total. The van der Waals surface area contributed by atoms with E-state index in [2.05, 4.69) is 30.8 Å². The molecule has 0 aromatic carbocycles. The summed E-state index contributed by atoms with van der Waals surface area (Å²) in [6.45, 7) is 4.27. The van der Waals surface area contributed by atoms with Gasteiger partial charge in [-0.2, -0.15) is 0 Å². The first-order chi connectivity index (χ1) is 11.0. The van der Waals surface area contributed by atoms with Gasteiger partial charge >= 0.3 is 5.97 Å². The molecule has 2 saturated heterocycles. The fraction of sp³-hybridized carbons (Fsp3) is 0.667. The van der Waals surface area contributed by atoms with Crippen molar-refractivity contribution >= 4 is 27.7 Å². The fourth-order valence-corrected chi connectivity index (χ4v) is 3.74. The van der Waals surface area contributed by atoms with Crippen LogP contribution in [0, 0.1) is 5.41 Å². The first-order valence-electron chi connectivity index (χ1n) is 7.70. The van der Waals surface area contributed by atoms with Crippen molar-refractivity contribution in [1.29, 1.82) is 0 Å². The maximum absolute atomic E-state index is 12.0. The third-order valence-corrected chi connectivity index (χ3v) is 5.39. The minimum Gasteiger partial charge on any atom is -0.464 e. The predicted octanol–water partition coefficient (Wildman–Crippen LogP) is 1.36. The lowest BCUT2D eigenvalue weighted by atomic mass is 9.73. The second kappa shape index (κ2) is 6.33. The third kappa shape index (κ3) is 2.95. The van der Waals surface area contributed by atoms with E-state index < -0.39 is 5.97 Å². The van der Waals surface area contributed by atoms with E-state index in [1.165, 1.54) is 7.11 Å². The average Bonchev–Trinajstić information content (AvgIpc) is 2.84. The molecule has 2 aliphatic rings. The van der Waals surface area contributed by atoms with Crippen molar-refractivity contribution in [3.63, 3.8) is 0 Å². The van der Waals surface area contributed by atoms with Gasteiger partial charge in [0.25, 0.3) is 0 Å². The van der Waals surface area contributed by atoms with E-state index in [1.807, 2.05) is 6.92 Å². The molecule has 23 heavy (non-hydrogen) atoms. The van der Waals surface area contributed by atoms with E-state index in [0.717, 1.165) is 25.9 Å². The van der Waals surface area contributed by atoms with Crippen molar-refractivity contribution in [3.8, 4) is 0 Å². The SMILES string of the molecule is COC(=O)c1nc(Br)cnc1N1CCC2(CC1)COC(C)C2N. The van der Waals surface area contributed by atoms with Gasteiger partial charge < -0.3 is 20.1 Å². The highest BCUT2D eigenvalue weighted by Crippen LogP contribution is 2.42. The molecule has 2 aliphatic heterocycles. The van der Waals surface area contributed by atoms with Gasteiger partial charge in [0.05, 0.1) is 26.0 Å². The van der Waals surface area contributed by atoms with E-state index in [4.69, 9.17) is 15.2 Å². The summed E-state index contributed by atoms with van der Waals surface area (Å²) in [7, 11) is 1.34. The number of halogens is 1. The monoisotopic (exact) mass is 384 g/mol. The summed E-state index contributed by atoms with van der Waals surface area (Å²) in [6.07, 6.45) is 3.52. The van der Waals surface area contributed by atoms with Crippen LogP contribution in [0.4, 0.5) is 5.82 Å². The Hall–Kier alpha value is -1.25. The Bertz CT molecular complexity index is 604. The lowest BCUT2D eigenvalue weighted by Gasteiger charge is -2.41. The van der Waals surface area contributed by atoms with Gasteiger partial charge in [0.2, 0.25) is 0 Å². The molecule has 1 aromatic rings. The van der Waals surface area contributed by atoms with Gasteiger partial charge in [-0.25, -0.2) is 14.8 Å². The molecular formula is C15H21BrN4O3. The van der Waals surface area contributed by atoms with Gasteiger partial charge in [-0.15, -0.1) is 0 Å². The van der Waals surface area contributed by atoms with E-state index in [1.54, 1.807) is 6.20 Å². The number of nitrogens with two attached hydrogens (primary N) is 1. The number of hydrogen-bond acceptors (Lipinski definition) is 7. The largest absolute Gasteiger partial charge is 0.464 e. The Labute approximate surface area is 143 Å². The fourth-order valence-electron chi connectivity index (χ4n) is 3.46. The quantitative estimate of drug-likeness (QED) is 0.769. The van der Waals surface area contributed by atoms with Crippen LogP contribution < -0.4 is 10.6 Å². The highest BCUT2D eigenvalue weighted by atomic mass is 79.9. The third-order valence-electron chi connectivity index (χ3n) is 5.01. The summed E-state index contributed by atoms with van der Waals surface area (Å²) in [5.41, 5.74) is 6.61. The van der Waals surface area contributed by atoms with Crippen LogP contribution in [-0.4, -0.2) is 54.9 Å². The van der Waals surface area contributed by atoms with E-state index >= 15 is 0 Å². The number of carbonyl (C=O) groups is 1. The lowest BCUT2D eigenvalue weighted by molar-refractivity contribution is 0.0593. The van der Waals surface area contributed by atoms with Gasteiger partial charge in [0.1, 0.15) is 4.60 Å². The summed E-state index contributed by atoms with van der Waals surface area (Å²) in [6, 6.07) is 0.0562. The first-order valence-corrected chi connectivity index (χ1v) is 8.49. The second-order valence-corrected chi connectivity index (χ2v) is 7.06. The smallest absolute Gasteiger partial charge is 0.360 e. The maximum Gasteiger partial charge on any atom is 0.360 e. The van der Waals surface area contributed by atoms with Crippen molar-refractivity contribution in [2.45, 2.75) is 31.9 Å². The molecule has 3 heterocycles. The number of esters is 1. The molecule has 2 fully saturated rings. The van der Waals surface area contributed by atoms with Crippen molar-refractivity contribution in [1.82, 2.24) is 9.97 Å². The van der Waals surface area contributed by atoms with Crippen molar-refractivity contribution in [3.05, 3.63) is 16.5 Å². The summed E-state index contributed by atoms with van der Waals surface area (Å²) in [4.78, 5) is 22.6. The molecule has 2 atom stereocenters. The van der Waals surface area contributed by atoms with Crippen LogP contribution in [0.25, 0.3) is 0 Å². The zero-order valence-corrected chi connectivity index (χ0v) is 14.9. The molecule has 0 radical (unpaired) electrons. The number of methoxy groups -OCH3 is 1. The molecule has 0 bridgehead atoms. The number of anilines is 1. The van der Waals surface area contributed by atoms with Crippen LogP contribution in [0.3, 0.4) is 0 Å². The molecule has 8 heteroatoms. The van der Waals surface area contributed by atoms with Gasteiger partial charge in [0.15, 0.2) is 11.5 Å². The standard InChI is InChI=1S/C15H21BrN4O3/c1-9-12(17)15(8-23-9)3-5-20(6-4-15)13-11(14(21)22-2)19-10(16)7-18-13/h7,9,12H,3-6,8,17H2,1-2H3. The molecule has 1 spiro atoms. The van der Waals surface area contributed by atoms with Crippen LogP contribution in [0.1, 0.15) is 30.3 Å². The van der Waals surface area contributed by atoms with Gasteiger partial charge in [0, 0.05) is 24.5 Å². The average molecular weight is 385 g/mol. The Morgan fingerprint density at radius 2 is 2.22 bits per heavy atom. The molecule has 7 nitrogen and oxygen atoms in total. The molecule has 1 aromatic heterocycles. The summed E-state index contributed by atoms with van der Waals surface area (Å²) < 4.78 is 11.1. The Morgan fingerprint density at radius 1 is 1.52 bits per heavy atom. The lowest BCUT2D eigenvalue weighted by Crippen LogP contribution is -2.51. The minimum absolute atomic E-state index is 0.0319. The molecule has 0 aliphatic carbocycles. The minimum atomic E-state index is -0.483. The molecule has 126 valence electrons. The van der Waals surface area contributed by atoms with Crippen molar-refractivity contribution in [2.24, 2.45) is 11.1 Å². The summed E-state index contributed by atoms with van der Waals surface area (Å²) in [5.74, 6) is 0.0824. The van der Waals surface area contributed by atoms with Gasteiger partial charge in [-0.3, -0.25) is 0 Å². The van der Waals surface area contributed by atoms with E-state index in [9.17, 15) is 4.79 Å². The number of rotatable bonds is 2. The van der Waals surface area contributed by atoms with Crippen molar-refractivity contribution in [2.75, 3.05) is 31.7 Å². The predicted molar refractivity (Wildman–Crippen MR) is 88.3 cm³/mol. The highest BCUT2D eigenvalue weighted by molar-refractivity contribution is 9.10. The Kier molecular flexibility index (Phi) is 4.57. The summed E-state index contributed by atoms with van der Waals surface area (Å²) >= 11 is 3.25. The number of carbonyl (C=O) groups excluding carboxylic acids is 1. The number of nitrogens with zero attached hydrogens (tertiary/aromatic N) is 3. The van der Waals surface area contributed by atoms with Crippen LogP contribution in [0.5, 0.6) is 0 Å². The number of ether oxygens (including phenoxy) is 2. The Balaban J connectivity index is 1.79. The van der Waals surface area contributed by atoms with Gasteiger partial charge in [-0.05, 0) is 35.7 Å². The van der Waals surface area contributed by atoms with Crippen LogP contribution in [-0.2, 0) is 9.47 Å². The normalized spacial score (nSPS) is 26.5. The highest BCUT2D eigenvalue weighted by Gasteiger charge is 2.47. The van der Waals surface area contributed by atoms with Crippen LogP contribution >= 0.6 is 15.9 Å². The molecule has 0 amide bonds. The molecule has 2 unspecified atom stereocenters. The maximum atomic E-state index is 12.0. The molecule has 0 saturated carbocycles. The van der Waals surface area contributed by atoms with Gasteiger partial charge in [-0.1, -0.05) is 0 Å².